The predicted octanol–water partition coefficient (Wildman–Crippen LogP) is 0.213. The second-order valence-corrected chi connectivity index (χ2v) is 3.11. The Kier molecular flexibility index (Phi) is 3.48. The molecule has 0 aliphatic rings. The molecule has 0 aliphatic heterocycles. The van der Waals surface area contributed by atoms with Crippen molar-refractivity contribution in [2.45, 2.75) is 31.9 Å². The number of aliphatic carboxylic acids is 1. The van der Waals surface area contributed by atoms with Gasteiger partial charge in [0, 0.05) is 13.5 Å². The Morgan fingerprint density at radius 2 is 2.18 bits per heavy atom. The molecule has 0 rings (SSSR count). The molecule has 4 heteroatoms. The Morgan fingerprint density at radius 3 is 2.45 bits per heavy atom. The van der Waals surface area contributed by atoms with E-state index < -0.39 is 17.6 Å². The first-order chi connectivity index (χ1) is 4.89. The van der Waals surface area contributed by atoms with E-state index in [1.54, 1.807) is 13.8 Å². The standard InChI is InChI=1S/C7H15NO3/c1-7(2,11-3)4-5(8)6(9)10/h5H,4,8H2,1-3H3,(H,9,10)/t5-/m1/s1. The van der Waals surface area contributed by atoms with Gasteiger partial charge < -0.3 is 15.6 Å². The summed E-state index contributed by atoms with van der Waals surface area (Å²) in [5.41, 5.74) is 4.84. The average molecular weight is 161 g/mol. The third kappa shape index (κ3) is 3.95. The number of nitrogens with two attached hydrogens (primary N) is 1. The number of rotatable bonds is 4. The fourth-order valence-corrected chi connectivity index (χ4v) is 0.700. The monoisotopic (exact) mass is 161 g/mol. The fraction of sp³-hybridized carbons (Fsp3) is 0.857. The van der Waals surface area contributed by atoms with E-state index >= 15 is 0 Å². The highest BCUT2D eigenvalue weighted by Gasteiger charge is 2.24. The molecule has 4 nitrogen and oxygen atoms in total. The van der Waals surface area contributed by atoms with E-state index in [-0.39, 0.29) is 0 Å². The van der Waals surface area contributed by atoms with Gasteiger partial charge in [0.25, 0.3) is 0 Å². The van der Waals surface area contributed by atoms with Crippen molar-refractivity contribution in [1.82, 2.24) is 0 Å². The summed E-state index contributed by atoms with van der Waals surface area (Å²) in [6.45, 7) is 3.60. The van der Waals surface area contributed by atoms with Crippen LogP contribution in [0, 0.1) is 0 Å². The summed E-state index contributed by atoms with van der Waals surface area (Å²) in [6.07, 6.45) is 0.318. The van der Waals surface area contributed by atoms with Gasteiger partial charge in [-0.1, -0.05) is 0 Å². The molecular weight excluding hydrogens is 146 g/mol. The third-order valence-electron chi connectivity index (χ3n) is 1.58. The Hall–Kier alpha value is -0.610. The van der Waals surface area contributed by atoms with E-state index in [2.05, 4.69) is 0 Å². The van der Waals surface area contributed by atoms with Crippen LogP contribution in [0.1, 0.15) is 20.3 Å². The number of carboxylic acid groups (broad SMARTS) is 1. The SMILES string of the molecule is COC(C)(C)C[C@@H](N)C(=O)O. The first-order valence-corrected chi connectivity index (χ1v) is 3.42. The summed E-state index contributed by atoms with van der Waals surface area (Å²) < 4.78 is 5.02. The lowest BCUT2D eigenvalue weighted by atomic mass is 10.00. The molecule has 0 bridgehead atoms. The van der Waals surface area contributed by atoms with Crippen LogP contribution in [0.5, 0.6) is 0 Å². The van der Waals surface area contributed by atoms with Gasteiger partial charge in [0.2, 0.25) is 0 Å². The van der Waals surface area contributed by atoms with Crippen LogP contribution in [0.2, 0.25) is 0 Å². The number of methoxy groups -OCH3 is 1. The largest absolute Gasteiger partial charge is 0.480 e. The van der Waals surface area contributed by atoms with Gasteiger partial charge in [0.1, 0.15) is 6.04 Å². The first-order valence-electron chi connectivity index (χ1n) is 3.42. The van der Waals surface area contributed by atoms with Crippen molar-refractivity contribution in [1.29, 1.82) is 0 Å². The van der Waals surface area contributed by atoms with Crippen LogP contribution < -0.4 is 5.73 Å². The zero-order valence-corrected chi connectivity index (χ0v) is 7.13. The summed E-state index contributed by atoms with van der Waals surface area (Å²) >= 11 is 0. The lowest BCUT2D eigenvalue weighted by Gasteiger charge is -2.24. The quantitative estimate of drug-likeness (QED) is 0.618. The maximum absolute atomic E-state index is 10.3. The number of hydrogen-bond donors (Lipinski definition) is 2. The van der Waals surface area contributed by atoms with E-state index in [9.17, 15) is 4.79 Å². The van der Waals surface area contributed by atoms with Crippen molar-refractivity contribution in [3.05, 3.63) is 0 Å². The van der Waals surface area contributed by atoms with E-state index in [4.69, 9.17) is 15.6 Å². The summed E-state index contributed by atoms with van der Waals surface area (Å²) in [7, 11) is 1.54. The lowest BCUT2D eigenvalue weighted by molar-refractivity contribution is -0.140. The van der Waals surface area contributed by atoms with Crippen molar-refractivity contribution in [2.24, 2.45) is 5.73 Å². The number of carboxylic acids is 1. The van der Waals surface area contributed by atoms with E-state index in [1.807, 2.05) is 0 Å². The van der Waals surface area contributed by atoms with Crippen LogP contribution in [0.4, 0.5) is 0 Å². The molecule has 0 fully saturated rings. The van der Waals surface area contributed by atoms with Crippen molar-refractivity contribution in [3.63, 3.8) is 0 Å². The van der Waals surface area contributed by atoms with Crippen molar-refractivity contribution in [3.8, 4) is 0 Å². The number of carbonyl (C=O) groups is 1. The van der Waals surface area contributed by atoms with Crippen LogP contribution in [0.3, 0.4) is 0 Å². The van der Waals surface area contributed by atoms with Gasteiger partial charge in [-0.05, 0) is 13.8 Å². The molecule has 0 amide bonds. The van der Waals surface area contributed by atoms with Crippen molar-refractivity contribution < 1.29 is 14.6 Å². The molecule has 0 aromatic heterocycles. The molecule has 0 spiro atoms. The Bertz CT molecular complexity index is 145. The molecule has 0 heterocycles. The molecule has 3 N–H and O–H groups in total. The normalized spacial score (nSPS) is 14.5. The van der Waals surface area contributed by atoms with Gasteiger partial charge in [-0.15, -0.1) is 0 Å². The predicted molar refractivity (Wildman–Crippen MR) is 41.3 cm³/mol. The van der Waals surface area contributed by atoms with Crippen LogP contribution in [0.25, 0.3) is 0 Å². The lowest BCUT2D eigenvalue weighted by Crippen LogP contribution is -2.38. The average Bonchev–Trinajstić information content (AvgIpc) is 1.87. The van der Waals surface area contributed by atoms with Gasteiger partial charge in [0.15, 0.2) is 0 Å². The highest BCUT2D eigenvalue weighted by Crippen LogP contribution is 2.14. The second-order valence-electron chi connectivity index (χ2n) is 3.11. The van der Waals surface area contributed by atoms with Crippen LogP contribution in [0.15, 0.2) is 0 Å². The summed E-state index contributed by atoms with van der Waals surface area (Å²) in [4.78, 5) is 10.3. The van der Waals surface area contributed by atoms with Crippen LogP contribution in [-0.4, -0.2) is 29.8 Å². The molecule has 0 saturated heterocycles. The van der Waals surface area contributed by atoms with Crippen molar-refractivity contribution >= 4 is 5.97 Å². The molecule has 0 unspecified atom stereocenters. The zero-order valence-electron chi connectivity index (χ0n) is 7.13. The third-order valence-corrected chi connectivity index (χ3v) is 1.58. The van der Waals surface area contributed by atoms with Gasteiger partial charge >= 0.3 is 5.97 Å². The minimum absolute atomic E-state index is 0.318. The highest BCUT2D eigenvalue weighted by atomic mass is 16.5. The maximum Gasteiger partial charge on any atom is 0.320 e. The Morgan fingerprint density at radius 1 is 1.73 bits per heavy atom. The summed E-state index contributed by atoms with van der Waals surface area (Å²) in [6, 6.07) is -0.843. The molecule has 0 aromatic carbocycles. The fourth-order valence-electron chi connectivity index (χ4n) is 0.700. The van der Waals surface area contributed by atoms with Gasteiger partial charge in [-0.2, -0.15) is 0 Å². The molecule has 0 radical (unpaired) electrons. The van der Waals surface area contributed by atoms with Gasteiger partial charge in [-0.25, -0.2) is 0 Å². The molecule has 0 aliphatic carbocycles. The zero-order chi connectivity index (χ0) is 9.07. The second kappa shape index (κ2) is 3.69. The molecule has 11 heavy (non-hydrogen) atoms. The van der Waals surface area contributed by atoms with E-state index in [0.717, 1.165) is 0 Å². The van der Waals surface area contributed by atoms with E-state index in [0.29, 0.717) is 6.42 Å². The molecule has 0 aromatic rings. The molecule has 66 valence electrons. The Balaban J connectivity index is 3.93. The van der Waals surface area contributed by atoms with Crippen LogP contribution >= 0.6 is 0 Å². The van der Waals surface area contributed by atoms with Gasteiger partial charge in [-0.3, -0.25) is 4.79 Å². The minimum atomic E-state index is -0.991. The Labute approximate surface area is 66.3 Å². The molecular formula is C7H15NO3. The van der Waals surface area contributed by atoms with Gasteiger partial charge in [0.05, 0.1) is 5.60 Å². The highest BCUT2D eigenvalue weighted by molar-refractivity contribution is 5.73. The summed E-state index contributed by atoms with van der Waals surface area (Å²) in [5, 5.41) is 8.46. The van der Waals surface area contributed by atoms with E-state index in [1.165, 1.54) is 7.11 Å². The molecule has 0 saturated carbocycles. The molecule has 1 atom stereocenters. The minimum Gasteiger partial charge on any atom is -0.480 e. The number of hydrogen-bond acceptors (Lipinski definition) is 3. The summed E-state index contributed by atoms with van der Waals surface area (Å²) in [5.74, 6) is -0.991. The topological polar surface area (TPSA) is 72.5 Å². The van der Waals surface area contributed by atoms with Crippen molar-refractivity contribution in [2.75, 3.05) is 7.11 Å². The first kappa shape index (κ1) is 10.4. The smallest absolute Gasteiger partial charge is 0.320 e. The maximum atomic E-state index is 10.3. The number of ether oxygens (including phenoxy) is 1. The van der Waals surface area contributed by atoms with Crippen LogP contribution in [-0.2, 0) is 9.53 Å².